The third-order valence-electron chi connectivity index (χ3n) is 26.7. The minimum absolute atomic E-state index is 0.0313. The van der Waals surface area contributed by atoms with Crippen LogP contribution in [0.4, 0.5) is 0 Å². The second-order valence-corrected chi connectivity index (χ2v) is 42.3. The van der Waals surface area contributed by atoms with Crippen LogP contribution in [-0.2, 0) is 27.1 Å². The molecule has 143 heavy (non-hydrogen) atoms. The van der Waals surface area contributed by atoms with E-state index >= 15 is 0 Å². The summed E-state index contributed by atoms with van der Waals surface area (Å²) in [4.78, 5) is 34.0. The first-order chi connectivity index (χ1) is 69.1. The van der Waals surface area contributed by atoms with Gasteiger partial charge < -0.3 is 4.42 Å². The Labute approximate surface area is 839 Å². The van der Waals surface area contributed by atoms with Crippen molar-refractivity contribution in [2.75, 3.05) is 0 Å². The predicted octanol–water partition coefficient (Wildman–Crippen LogP) is 36.8. The number of rotatable bonds is 9. The third kappa shape index (κ3) is 20.0. The molecule has 0 unspecified atom stereocenters. The molecular formula is C135H117N7O. The van der Waals surface area contributed by atoms with Crippen molar-refractivity contribution in [1.82, 2.24) is 34.9 Å². The van der Waals surface area contributed by atoms with Crippen molar-refractivity contribution in [3.05, 3.63) is 465 Å². The van der Waals surface area contributed by atoms with E-state index in [1.807, 2.05) is 66.7 Å². The lowest BCUT2D eigenvalue weighted by Crippen LogP contribution is -2.18. The van der Waals surface area contributed by atoms with E-state index in [4.69, 9.17) is 39.3 Å². The number of fused-ring (bicyclic) bond motifs is 12. The van der Waals surface area contributed by atoms with Crippen LogP contribution in [0.2, 0.25) is 0 Å². The minimum atomic E-state index is -0.168. The molecule has 0 saturated carbocycles. The molecule has 0 aliphatic rings. The highest BCUT2D eigenvalue weighted by atomic mass is 16.3. The molecule has 0 fully saturated rings. The summed E-state index contributed by atoms with van der Waals surface area (Å²) >= 11 is 0. The zero-order valence-corrected chi connectivity index (χ0v) is 84.1. The second-order valence-electron chi connectivity index (χ2n) is 42.3. The van der Waals surface area contributed by atoms with Crippen molar-refractivity contribution in [3.8, 4) is 101 Å². The Morgan fingerprint density at radius 3 is 1.01 bits per heavy atom. The predicted molar refractivity (Wildman–Crippen MR) is 607 cm³/mol. The topological polar surface area (TPSA) is 103 Å². The highest BCUT2D eigenvalue weighted by Gasteiger charge is 2.29. The van der Waals surface area contributed by atoms with Gasteiger partial charge in [0, 0.05) is 65.6 Å². The standard InChI is InChI=1S/C34H26O.C28H24.C26H24N2.C25H23N3.C22H20N2/c1-34(2,3)33-26-14-8-6-12-24(26)32(25-13-7-9-15-27(25)33)23-16-17-30-28(19-23)29-18-21-10-4-5-11-22(21)20-31(29)35-30;1-28(2,3)27-24-14-8-6-12-22(24)26(23-13-7-9-15-25(23)27)21-17-16-19-10-4-5-11-20(19)18-21;1-26(2,3)24-18-23(27-25(28-24)20-13-8-5-9-14-20)22-16-10-15-21(17-22)19-11-6-4-7-12-19;1-25(2,3)24-27-22(19-13-8-5-9-14-19)26-23(28-24)21-16-10-15-20(17-21)18-11-6-4-7-12-18;1-22(2,3)21-23-19(16-10-5-4-6-11-16)18-14-13-15-9-7-8-12-17(15)20(18)24-21/h4-20H,1-3H3;2*4-18H,1-3H3;4-17H,1-3H3;4-14H,1-3H3. The average Bonchev–Trinajstić information content (AvgIpc) is 1.65. The van der Waals surface area contributed by atoms with Gasteiger partial charge in [-0.3, -0.25) is 0 Å². The van der Waals surface area contributed by atoms with E-state index in [9.17, 15) is 0 Å². The third-order valence-corrected chi connectivity index (χ3v) is 26.7. The van der Waals surface area contributed by atoms with E-state index in [2.05, 4.69) is 474 Å². The zero-order valence-electron chi connectivity index (χ0n) is 84.1. The lowest BCUT2D eigenvalue weighted by atomic mass is 9.78. The van der Waals surface area contributed by atoms with Crippen molar-refractivity contribution in [3.63, 3.8) is 0 Å². The summed E-state index contributed by atoms with van der Waals surface area (Å²) in [5.74, 6) is 3.86. The maximum Gasteiger partial charge on any atom is 0.163 e. The van der Waals surface area contributed by atoms with Crippen molar-refractivity contribution < 1.29 is 4.42 Å². The summed E-state index contributed by atoms with van der Waals surface area (Å²) in [6.45, 7) is 33.3. The minimum Gasteiger partial charge on any atom is -0.456 e. The first kappa shape index (κ1) is 94.1. The number of benzene rings is 20. The fourth-order valence-corrected chi connectivity index (χ4v) is 19.7. The summed E-state index contributed by atoms with van der Waals surface area (Å²) in [5, 5.41) is 21.5. The Hall–Kier alpha value is -16.6. The first-order valence-corrected chi connectivity index (χ1v) is 49.6. The Kier molecular flexibility index (Phi) is 25.8. The molecule has 0 saturated heterocycles. The Morgan fingerprint density at radius 2 is 0.531 bits per heavy atom. The molecule has 698 valence electrons. The molecule has 0 spiro atoms. The van der Waals surface area contributed by atoms with Gasteiger partial charge in [-0.05, 0) is 191 Å². The first-order valence-electron chi connectivity index (χ1n) is 49.6. The molecule has 4 heterocycles. The van der Waals surface area contributed by atoms with E-state index in [1.54, 1.807) is 0 Å². The molecule has 0 atom stereocenters. The fourth-order valence-electron chi connectivity index (χ4n) is 19.7. The SMILES string of the molecule is CC(C)(C)c1c2ccccc2c(-c2ccc3ccccc3c2)c2ccccc12.CC(C)(C)c1c2ccccc2c(-c2ccc3oc4cc5ccccc5cc4c3c2)c2ccccc12.CC(C)(C)c1cc(-c2cccc(-c3ccccc3)c2)nc(-c2ccccc2)n1.CC(C)(C)c1nc(-c2ccccc2)c2ccc3ccccc3c2n1.CC(C)(C)c1nc(-c2ccccc2)nc(-c2cccc(-c3ccccc3)c2)n1. The van der Waals surface area contributed by atoms with Gasteiger partial charge in [-0.15, -0.1) is 0 Å². The van der Waals surface area contributed by atoms with Crippen LogP contribution in [0.25, 0.3) is 209 Å². The summed E-state index contributed by atoms with van der Waals surface area (Å²) in [6, 6.07) is 154. The highest BCUT2D eigenvalue weighted by Crippen LogP contribution is 2.48. The lowest BCUT2D eigenvalue weighted by Gasteiger charge is -2.26. The number of furan rings is 1. The highest BCUT2D eigenvalue weighted by molar-refractivity contribution is 6.19. The quantitative estimate of drug-likeness (QED) is 0.104. The molecule has 8 nitrogen and oxygen atoms in total. The van der Waals surface area contributed by atoms with Crippen molar-refractivity contribution >= 4 is 108 Å². The summed E-state index contributed by atoms with van der Waals surface area (Å²) in [6.07, 6.45) is 0. The molecule has 24 aromatic rings. The number of nitrogens with zero attached hydrogens (tertiary/aromatic N) is 7. The van der Waals surface area contributed by atoms with E-state index in [-0.39, 0.29) is 27.1 Å². The molecule has 0 radical (unpaired) electrons. The molecule has 24 rings (SSSR count). The normalized spacial score (nSPS) is 11.9. The summed E-state index contributed by atoms with van der Waals surface area (Å²) < 4.78 is 6.29. The summed E-state index contributed by atoms with van der Waals surface area (Å²) in [7, 11) is 0. The molecule has 0 aliphatic heterocycles. The van der Waals surface area contributed by atoms with Crippen LogP contribution in [0.15, 0.2) is 441 Å². The molecular weight excluding hydrogens is 1740 g/mol. The monoisotopic (exact) mass is 1850 g/mol. The molecule has 0 bridgehead atoms. The van der Waals surface area contributed by atoms with Gasteiger partial charge in [0.1, 0.15) is 22.8 Å². The van der Waals surface area contributed by atoms with Crippen LogP contribution in [-0.4, -0.2) is 34.9 Å². The van der Waals surface area contributed by atoms with Crippen LogP contribution in [0.5, 0.6) is 0 Å². The van der Waals surface area contributed by atoms with Gasteiger partial charge in [-0.25, -0.2) is 34.9 Å². The Bertz CT molecular complexity index is 8530. The van der Waals surface area contributed by atoms with Gasteiger partial charge in [0.25, 0.3) is 0 Å². The van der Waals surface area contributed by atoms with E-state index in [1.165, 1.54) is 131 Å². The second kappa shape index (κ2) is 39.3. The molecule has 0 aliphatic carbocycles. The molecule has 8 heteroatoms. The molecule has 0 amide bonds. The van der Waals surface area contributed by atoms with Crippen LogP contribution in [0, 0.1) is 0 Å². The van der Waals surface area contributed by atoms with Crippen LogP contribution in [0.1, 0.15) is 132 Å². The van der Waals surface area contributed by atoms with E-state index in [0.29, 0.717) is 11.6 Å². The lowest BCUT2D eigenvalue weighted by molar-refractivity contribution is 0.543. The van der Waals surface area contributed by atoms with Gasteiger partial charge in [0.05, 0.1) is 22.6 Å². The zero-order chi connectivity index (χ0) is 98.9. The smallest absolute Gasteiger partial charge is 0.163 e. The van der Waals surface area contributed by atoms with Gasteiger partial charge in [-0.1, -0.05) is 486 Å². The number of aromatic nitrogens is 7. The van der Waals surface area contributed by atoms with Crippen LogP contribution >= 0.6 is 0 Å². The van der Waals surface area contributed by atoms with E-state index < -0.39 is 0 Å². The Morgan fingerprint density at radius 1 is 0.175 bits per heavy atom. The molecule has 4 aromatic heterocycles. The average molecular weight is 1850 g/mol. The maximum absolute atomic E-state index is 6.29. The van der Waals surface area contributed by atoms with Crippen molar-refractivity contribution in [2.24, 2.45) is 0 Å². The number of hydrogen-bond acceptors (Lipinski definition) is 8. The largest absolute Gasteiger partial charge is 0.456 e. The van der Waals surface area contributed by atoms with Crippen molar-refractivity contribution in [1.29, 1.82) is 0 Å². The van der Waals surface area contributed by atoms with E-state index in [0.717, 1.165) is 95.4 Å². The molecule has 20 aromatic carbocycles. The van der Waals surface area contributed by atoms with Crippen molar-refractivity contribution in [2.45, 2.75) is 131 Å². The molecule has 0 N–H and O–H groups in total. The number of hydrogen-bond donors (Lipinski definition) is 0. The van der Waals surface area contributed by atoms with Gasteiger partial charge in [0.2, 0.25) is 0 Å². The fraction of sp³-hybridized carbons (Fsp3) is 0.148. The van der Waals surface area contributed by atoms with Crippen LogP contribution < -0.4 is 0 Å². The van der Waals surface area contributed by atoms with Gasteiger partial charge >= 0.3 is 0 Å². The van der Waals surface area contributed by atoms with Gasteiger partial charge in [-0.2, -0.15) is 0 Å². The van der Waals surface area contributed by atoms with Crippen LogP contribution in [0.3, 0.4) is 0 Å². The van der Waals surface area contributed by atoms with Gasteiger partial charge in [0.15, 0.2) is 17.5 Å². The maximum atomic E-state index is 6.29. The summed E-state index contributed by atoms with van der Waals surface area (Å²) in [5.41, 5.74) is 23.6. The Balaban J connectivity index is 0.000000110.